The van der Waals surface area contributed by atoms with Crippen LogP contribution in [0.15, 0.2) is 199 Å². The highest BCUT2D eigenvalue weighted by atomic mass is 16.5. The molecule has 5 heteroatoms. The van der Waals surface area contributed by atoms with E-state index in [0.717, 1.165) is 94.9 Å². The molecule has 5 nitrogen and oxygen atoms in total. The van der Waals surface area contributed by atoms with Crippen LogP contribution in [0.4, 0.5) is 0 Å². The van der Waals surface area contributed by atoms with Gasteiger partial charge in [-0.1, -0.05) is 146 Å². The lowest BCUT2D eigenvalue weighted by Crippen LogP contribution is -2.27. The van der Waals surface area contributed by atoms with E-state index in [1.807, 2.05) is 18.2 Å². The topological polar surface area (TPSA) is 61.0 Å². The van der Waals surface area contributed by atoms with E-state index >= 15 is 0 Å². The Hall–Kier alpha value is -7.89. The van der Waals surface area contributed by atoms with Crippen molar-refractivity contribution in [3.63, 3.8) is 0 Å². The minimum atomic E-state index is -0.0744. The van der Waals surface area contributed by atoms with Gasteiger partial charge in [0.15, 0.2) is 11.6 Å². The van der Waals surface area contributed by atoms with Crippen LogP contribution in [0, 0.1) is 0 Å². The van der Waals surface area contributed by atoms with Crippen LogP contribution < -0.4 is 4.74 Å². The molecule has 2 aliphatic rings. The third kappa shape index (κ3) is 5.59. The fourth-order valence-corrected chi connectivity index (χ4v) is 10.1. The van der Waals surface area contributed by atoms with Gasteiger partial charge in [-0.15, -0.1) is 0 Å². The normalized spacial score (nSPS) is 16.9. The first-order chi connectivity index (χ1) is 30.7. The van der Waals surface area contributed by atoms with Crippen molar-refractivity contribution < 1.29 is 9.15 Å². The summed E-state index contributed by atoms with van der Waals surface area (Å²) in [6.45, 7) is 0. The molecule has 9 aromatic carbocycles. The molecule has 11 aromatic rings. The minimum Gasteiger partial charge on any atom is -0.485 e. The van der Waals surface area contributed by atoms with Crippen molar-refractivity contribution in [1.82, 2.24) is 15.0 Å². The number of rotatable bonds is 5. The lowest BCUT2D eigenvalue weighted by molar-refractivity contribution is 0.230. The van der Waals surface area contributed by atoms with Gasteiger partial charge in [-0.05, 0) is 110 Å². The van der Waals surface area contributed by atoms with Gasteiger partial charge < -0.3 is 9.15 Å². The molecule has 2 aromatic heterocycles. The summed E-state index contributed by atoms with van der Waals surface area (Å²) < 4.78 is 13.0. The van der Waals surface area contributed by atoms with Crippen molar-refractivity contribution in [3.05, 3.63) is 206 Å². The summed E-state index contributed by atoms with van der Waals surface area (Å²) in [5.41, 5.74) is 9.40. The molecule has 0 radical (unpaired) electrons. The summed E-state index contributed by atoms with van der Waals surface area (Å²) in [6, 6.07) is 64.5. The van der Waals surface area contributed by atoms with E-state index in [9.17, 15) is 0 Å². The van der Waals surface area contributed by atoms with Gasteiger partial charge in [-0.3, -0.25) is 0 Å². The summed E-state index contributed by atoms with van der Waals surface area (Å²) in [5, 5.41) is 9.11. The maximum atomic E-state index is 6.51. The Morgan fingerprint density at radius 3 is 2.08 bits per heavy atom. The molecule has 0 spiro atoms. The van der Waals surface area contributed by atoms with E-state index in [1.54, 1.807) is 0 Å². The van der Waals surface area contributed by atoms with Crippen LogP contribution in [0.25, 0.3) is 99.3 Å². The molecular formula is C57H37N3O2. The van der Waals surface area contributed by atoms with Gasteiger partial charge in [0, 0.05) is 39.3 Å². The first-order valence-corrected chi connectivity index (χ1v) is 21.3. The highest BCUT2D eigenvalue weighted by Crippen LogP contribution is 2.50. The van der Waals surface area contributed by atoms with E-state index in [0.29, 0.717) is 11.6 Å². The number of allylic oxidation sites excluding steroid dienone is 1. The van der Waals surface area contributed by atoms with Crippen molar-refractivity contribution in [1.29, 1.82) is 0 Å². The molecule has 13 rings (SSSR count). The molecule has 0 fully saturated rings. The number of fused-ring (bicyclic) bond motifs is 10. The van der Waals surface area contributed by atoms with Crippen LogP contribution in [0.2, 0.25) is 0 Å². The van der Waals surface area contributed by atoms with Gasteiger partial charge in [0.1, 0.15) is 28.8 Å². The molecular weight excluding hydrogens is 759 g/mol. The van der Waals surface area contributed by atoms with Crippen molar-refractivity contribution in [2.24, 2.45) is 0 Å². The van der Waals surface area contributed by atoms with Gasteiger partial charge in [-0.2, -0.15) is 0 Å². The monoisotopic (exact) mass is 795 g/mol. The van der Waals surface area contributed by atoms with E-state index in [2.05, 4.69) is 176 Å². The molecule has 1 aliphatic heterocycles. The van der Waals surface area contributed by atoms with E-state index in [-0.39, 0.29) is 17.9 Å². The van der Waals surface area contributed by atoms with Crippen LogP contribution in [0.3, 0.4) is 0 Å². The lowest BCUT2D eigenvalue weighted by atomic mass is 9.77. The number of hydrogen-bond donors (Lipinski definition) is 0. The van der Waals surface area contributed by atoms with Crippen molar-refractivity contribution in [3.8, 4) is 50.8 Å². The maximum Gasteiger partial charge on any atom is 0.164 e. The SMILES string of the molecule is C1=CC2Oc3ccccc3C2C(c2nc(-c3ccc4ccc(-c5cc(-c6ccccc6)cc6oc7ccccc7c56)cc4c3)nc(-c3cc4ccccc4c4ccccc34)n2)C1. The van der Waals surface area contributed by atoms with E-state index in [1.165, 1.54) is 16.3 Å². The second-order valence-electron chi connectivity index (χ2n) is 16.6. The van der Waals surface area contributed by atoms with Crippen molar-refractivity contribution >= 4 is 54.3 Å². The number of benzene rings is 9. The molecule has 0 bridgehead atoms. The highest BCUT2D eigenvalue weighted by Gasteiger charge is 2.42. The molecule has 0 saturated carbocycles. The summed E-state index contributed by atoms with van der Waals surface area (Å²) in [4.78, 5) is 16.2. The summed E-state index contributed by atoms with van der Waals surface area (Å²) in [7, 11) is 0. The van der Waals surface area contributed by atoms with Crippen LogP contribution in [-0.2, 0) is 0 Å². The van der Waals surface area contributed by atoms with Crippen LogP contribution in [0.1, 0.15) is 29.6 Å². The summed E-state index contributed by atoms with van der Waals surface area (Å²) >= 11 is 0. The number of para-hydroxylation sites is 2. The van der Waals surface area contributed by atoms with Crippen LogP contribution >= 0.6 is 0 Å². The van der Waals surface area contributed by atoms with Gasteiger partial charge in [0.05, 0.1) is 0 Å². The molecule has 292 valence electrons. The van der Waals surface area contributed by atoms with Crippen LogP contribution in [0.5, 0.6) is 5.75 Å². The predicted molar refractivity (Wildman–Crippen MR) is 251 cm³/mol. The number of ether oxygens (including phenoxy) is 1. The molecule has 3 unspecified atom stereocenters. The Morgan fingerprint density at radius 2 is 1.18 bits per heavy atom. The maximum absolute atomic E-state index is 6.51. The zero-order chi connectivity index (χ0) is 40.7. The second kappa shape index (κ2) is 13.8. The van der Waals surface area contributed by atoms with Gasteiger partial charge in [-0.25, -0.2) is 15.0 Å². The molecule has 3 atom stereocenters. The number of nitrogens with zero attached hydrogens (tertiary/aromatic N) is 3. The highest BCUT2D eigenvalue weighted by molar-refractivity contribution is 6.15. The Morgan fingerprint density at radius 1 is 0.452 bits per heavy atom. The molecule has 3 heterocycles. The first kappa shape index (κ1) is 34.9. The largest absolute Gasteiger partial charge is 0.485 e. The third-order valence-electron chi connectivity index (χ3n) is 13.0. The Balaban J connectivity index is 1.01. The average molecular weight is 796 g/mol. The summed E-state index contributed by atoms with van der Waals surface area (Å²) in [6.07, 6.45) is 5.17. The fraction of sp³-hybridized carbons (Fsp3) is 0.0702. The molecule has 1 aliphatic carbocycles. The molecule has 0 saturated heterocycles. The van der Waals surface area contributed by atoms with Crippen LogP contribution in [-0.4, -0.2) is 21.1 Å². The predicted octanol–water partition coefficient (Wildman–Crippen LogP) is 14.5. The quantitative estimate of drug-likeness (QED) is 0.128. The molecule has 62 heavy (non-hydrogen) atoms. The summed E-state index contributed by atoms with van der Waals surface area (Å²) in [5.74, 6) is 3.14. The second-order valence-corrected chi connectivity index (χ2v) is 16.6. The standard InChI is InChI=1S/C57H37N3O2/c1-2-13-34(14-3-1)40-32-47(54-45-20-9-11-23-50(45)62-52(54)33-40)37-27-25-35-26-28-38(30-39(35)29-37)55-58-56(46-21-12-24-51-53(46)44-19-8-10-22-49(44)61-51)60-57(59-55)48-31-36-15-4-5-16-41(36)42-17-6-7-18-43(42)48/h1-20,22-33,46,51,53H,21H2. The molecule has 0 N–H and O–H groups in total. The zero-order valence-corrected chi connectivity index (χ0v) is 33.6. The zero-order valence-electron chi connectivity index (χ0n) is 33.6. The van der Waals surface area contributed by atoms with Crippen molar-refractivity contribution in [2.75, 3.05) is 0 Å². The molecule has 0 amide bonds. The van der Waals surface area contributed by atoms with E-state index in [4.69, 9.17) is 24.1 Å². The Labute approximate surface area is 357 Å². The Kier molecular flexibility index (Phi) is 7.79. The minimum absolute atomic E-state index is 0.00277. The average Bonchev–Trinajstić information content (AvgIpc) is 3.92. The van der Waals surface area contributed by atoms with Gasteiger partial charge in [0.25, 0.3) is 0 Å². The Bertz CT molecular complexity index is 3630. The smallest absolute Gasteiger partial charge is 0.164 e. The third-order valence-corrected chi connectivity index (χ3v) is 13.0. The van der Waals surface area contributed by atoms with Gasteiger partial charge in [0.2, 0.25) is 0 Å². The van der Waals surface area contributed by atoms with Gasteiger partial charge >= 0.3 is 0 Å². The number of hydrogen-bond acceptors (Lipinski definition) is 5. The number of furan rings is 1. The fourth-order valence-electron chi connectivity index (χ4n) is 10.1. The van der Waals surface area contributed by atoms with Crippen molar-refractivity contribution in [2.45, 2.75) is 24.4 Å². The number of aromatic nitrogens is 3. The van der Waals surface area contributed by atoms with E-state index < -0.39 is 0 Å². The first-order valence-electron chi connectivity index (χ1n) is 21.3. The lowest BCUT2D eigenvalue weighted by Gasteiger charge is -2.28.